The third-order valence-electron chi connectivity index (χ3n) is 4.12. The molecular formula is C14H29ClN2O. The van der Waals surface area contributed by atoms with Gasteiger partial charge < -0.3 is 10.2 Å². The van der Waals surface area contributed by atoms with Gasteiger partial charge >= 0.3 is 0 Å². The van der Waals surface area contributed by atoms with E-state index in [1.807, 2.05) is 7.05 Å². The SMILES string of the molecule is CNCCC1CCN(C(=O)C(C)C(C)C)CC1.Cl. The van der Waals surface area contributed by atoms with Crippen LogP contribution in [0.4, 0.5) is 0 Å². The van der Waals surface area contributed by atoms with Gasteiger partial charge in [0.2, 0.25) is 5.91 Å². The molecule has 18 heavy (non-hydrogen) atoms. The van der Waals surface area contributed by atoms with Crippen molar-refractivity contribution in [2.24, 2.45) is 17.8 Å². The third kappa shape index (κ3) is 5.15. The second kappa shape index (κ2) is 8.76. The minimum atomic E-state index is 0. The fourth-order valence-corrected chi connectivity index (χ4v) is 2.36. The second-order valence-electron chi connectivity index (χ2n) is 5.69. The lowest BCUT2D eigenvalue weighted by Crippen LogP contribution is -2.42. The van der Waals surface area contributed by atoms with Crippen LogP contribution >= 0.6 is 12.4 Å². The van der Waals surface area contributed by atoms with Crippen LogP contribution < -0.4 is 5.32 Å². The Kier molecular flexibility index (Phi) is 8.62. The Balaban J connectivity index is 0.00000289. The lowest BCUT2D eigenvalue weighted by Gasteiger charge is -2.34. The van der Waals surface area contributed by atoms with Crippen LogP contribution in [0.2, 0.25) is 0 Å². The van der Waals surface area contributed by atoms with Crippen LogP contribution in [-0.4, -0.2) is 37.5 Å². The maximum atomic E-state index is 12.2. The maximum absolute atomic E-state index is 12.2. The first-order chi connectivity index (χ1) is 8.06. The molecular weight excluding hydrogens is 248 g/mol. The van der Waals surface area contributed by atoms with Crippen molar-refractivity contribution in [2.45, 2.75) is 40.0 Å². The second-order valence-corrected chi connectivity index (χ2v) is 5.69. The number of rotatable bonds is 5. The van der Waals surface area contributed by atoms with Gasteiger partial charge in [-0.2, -0.15) is 0 Å². The van der Waals surface area contributed by atoms with E-state index in [9.17, 15) is 4.79 Å². The van der Waals surface area contributed by atoms with Crippen molar-refractivity contribution in [2.75, 3.05) is 26.7 Å². The van der Waals surface area contributed by atoms with Crippen molar-refractivity contribution in [3.63, 3.8) is 0 Å². The highest BCUT2D eigenvalue weighted by Crippen LogP contribution is 2.22. The number of nitrogens with one attached hydrogen (secondary N) is 1. The Morgan fingerprint density at radius 3 is 2.28 bits per heavy atom. The van der Waals surface area contributed by atoms with E-state index in [1.54, 1.807) is 0 Å². The number of nitrogens with zero attached hydrogens (tertiary/aromatic N) is 1. The van der Waals surface area contributed by atoms with Crippen LogP contribution in [0, 0.1) is 17.8 Å². The highest BCUT2D eigenvalue weighted by molar-refractivity contribution is 5.85. The molecule has 1 heterocycles. The molecule has 108 valence electrons. The van der Waals surface area contributed by atoms with Crippen molar-refractivity contribution in [3.05, 3.63) is 0 Å². The Morgan fingerprint density at radius 1 is 1.28 bits per heavy atom. The molecule has 1 atom stereocenters. The summed E-state index contributed by atoms with van der Waals surface area (Å²) < 4.78 is 0. The van der Waals surface area contributed by atoms with Gasteiger partial charge in [0.05, 0.1) is 0 Å². The number of hydrogen-bond donors (Lipinski definition) is 1. The van der Waals surface area contributed by atoms with Crippen LogP contribution in [0.25, 0.3) is 0 Å². The molecule has 0 spiro atoms. The number of likely N-dealkylation sites (tertiary alicyclic amines) is 1. The Hall–Kier alpha value is -0.280. The Morgan fingerprint density at radius 2 is 1.83 bits per heavy atom. The average Bonchev–Trinajstić information content (AvgIpc) is 2.35. The quantitative estimate of drug-likeness (QED) is 0.837. The lowest BCUT2D eigenvalue weighted by molar-refractivity contribution is -0.137. The molecule has 1 amide bonds. The molecule has 1 saturated heterocycles. The minimum Gasteiger partial charge on any atom is -0.342 e. The zero-order valence-corrected chi connectivity index (χ0v) is 13.1. The zero-order valence-electron chi connectivity index (χ0n) is 12.2. The predicted molar refractivity (Wildman–Crippen MR) is 79.1 cm³/mol. The largest absolute Gasteiger partial charge is 0.342 e. The smallest absolute Gasteiger partial charge is 0.225 e. The highest BCUT2D eigenvalue weighted by atomic mass is 35.5. The van der Waals surface area contributed by atoms with Gasteiger partial charge in [0.1, 0.15) is 0 Å². The van der Waals surface area contributed by atoms with Crippen LogP contribution in [-0.2, 0) is 4.79 Å². The molecule has 0 aliphatic carbocycles. The summed E-state index contributed by atoms with van der Waals surface area (Å²) in [6.07, 6.45) is 3.61. The van der Waals surface area contributed by atoms with Gasteiger partial charge in [-0.05, 0) is 44.7 Å². The first kappa shape index (κ1) is 17.7. The molecule has 0 saturated carbocycles. The van der Waals surface area contributed by atoms with Crippen LogP contribution in [0.1, 0.15) is 40.0 Å². The Labute approximate surface area is 118 Å². The summed E-state index contributed by atoms with van der Waals surface area (Å²) in [4.78, 5) is 14.2. The summed E-state index contributed by atoms with van der Waals surface area (Å²) in [6, 6.07) is 0. The molecule has 0 aromatic heterocycles. The predicted octanol–water partition coefficient (Wildman–Crippen LogP) is 2.55. The molecule has 1 unspecified atom stereocenters. The number of piperidine rings is 1. The van der Waals surface area contributed by atoms with Gasteiger partial charge in [-0.1, -0.05) is 20.8 Å². The van der Waals surface area contributed by atoms with E-state index in [4.69, 9.17) is 0 Å². The van der Waals surface area contributed by atoms with Crippen molar-refractivity contribution < 1.29 is 4.79 Å². The van der Waals surface area contributed by atoms with Crippen molar-refractivity contribution >= 4 is 18.3 Å². The van der Waals surface area contributed by atoms with Crippen LogP contribution in [0.3, 0.4) is 0 Å². The number of halogens is 1. The van der Waals surface area contributed by atoms with Crippen LogP contribution in [0.5, 0.6) is 0 Å². The maximum Gasteiger partial charge on any atom is 0.225 e. The molecule has 0 aromatic carbocycles. The summed E-state index contributed by atoms with van der Waals surface area (Å²) in [5, 5.41) is 3.20. The van der Waals surface area contributed by atoms with E-state index >= 15 is 0 Å². The van der Waals surface area contributed by atoms with Gasteiger partial charge in [0.15, 0.2) is 0 Å². The number of carbonyl (C=O) groups is 1. The average molecular weight is 277 g/mol. The number of carbonyl (C=O) groups excluding carboxylic acids is 1. The molecule has 1 N–H and O–H groups in total. The molecule has 1 rings (SSSR count). The zero-order chi connectivity index (χ0) is 12.8. The van der Waals surface area contributed by atoms with E-state index in [0.717, 1.165) is 25.6 Å². The van der Waals surface area contributed by atoms with E-state index in [0.29, 0.717) is 11.8 Å². The van der Waals surface area contributed by atoms with Gasteiger partial charge in [0.25, 0.3) is 0 Å². The van der Waals surface area contributed by atoms with Crippen molar-refractivity contribution in [3.8, 4) is 0 Å². The third-order valence-corrected chi connectivity index (χ3v) is 4.12. The van der Waals surface area contributed by atoms with Gasteiger partial charge in [0, 0.05) is 19.0 Å². The monoisotopic (exact) mass is 276 g/mol. The standard InChI is InChI=1S/C14H28N2O.ClH/c1-11(2)12(3)14(17)16-9-6-13(7-10-16)5-8-15-4;/h11-13,15H,5-10H2,1-4H3;1H. The van der Waals surface area contributed by atoms with E-state index in [2.05, 4.69) is 31.0 Å². The Bertz CT molecular complexity index is 238. The first-order valence-electron chi connectivity index (χ1n) is 6.99. The molecule has 4 heteroatoms. The normalized spacial score (nSPS) is 18.6. The molecule has 1 aliphatic heterocycles. The molecule has 0 radical (unpaired) electrons. The topological polar surface area (TPSA) is 32.3 Å². The van der Waals surface area contributed by atoms with Crippen molar-refractivity contribution in [1.29, 1.82) is 0 Å². The minimum absolute atomic E-state index is 0. The van der Waals surface area contributed by atoms with E-state index in [1.165, 1.54) is 19.3 Å². The summed E-state index contributed by atoms with van der Waals surface area (Å²) in [7, 11) is 2.00. The summed E-state index contributed by atoms with van der Waals surface area (Å²) in [5.41, 5.74) is 0. The van der Waals surface area contributed by atoms with Gasteiger partial charge in [-0.3, -0.25) is 4.79 Å². The summed E-state index contributed by atoms with van der Waals surface area (Å²) in [5.74, 6) is 1.78. The molecule has 0 aromatic rings. The number of hydrogen-bond acceptors (Lipinski definition) is 2. The molecule has 1 fully saturated rings. The summed E-state index contributed by atoms with van der Waals surface area (Å²) in [6.45, 7) is 9.33. The van der Waals surface area contributed by atoms with Gasteiger partial charge in [-0.15, -0.1) is 12.4 Å². The van der Waals surface area contributed by atoms with E-state index in [-0.39, 0.29) is 18.3 Å². The van der Waals surface area contributed by atoms with Crippen LogP contribution in [0.15, 0.2) is 0 Å². The van der Waals surface area contributed by atoms with Gasteiger partial charge in [-0.25, -0.2) is 0 Å². The lowest BCUT2D eigenvalue weighted by atomic mass is 9.91. The molecule has 0 bridgehead atoms. The fourth-order valence-electron chi connectivity index (χ4n) is 2.36. The number of amides is 1. The van der Waals surface area contributed by atoms with Crippen molar-refractivity contribution in [1.82, 2.24) is 10.2 Å². The van der Waals surface area contributed by atoms with E-state index < -0.39 is 0 Å². The fraction of sp³-hybridized carbons (Fsp3) is 0.929. The molecule has 3 nitrogen and oxygen atoms in total. The summed E-state index contributed by atoms with van der Waals surface area (Å²) >= 11 is 0. The molecule has 1 aliphatic rings. The highest BCUT2D eigenvalue weighted by Gasteiger charge is 2.26. The first-order valence-corrected chi connectivity index (χ1v) is 6.99.